The zero-order valence-corrected chi connectivity index (χ0v) is 10.4. The molecule has 0 atom stereocenters. The fourth-order valence-corrected chi connectivity index (χ4v) is 1.51. The lowest BCUT2D eigenvalue weighted by Gasteiger charge is -2.19. The number of anilines is 1. The van der Waals surface area contributed by atoms with E-state index in [9.17, 15) is 4.79 Å². The number of hydrogen-bond donors (Lipinski definition) is 3. The highest BCUT2D eigenvalue weighted by Crippen LogP contribution is 2.34. The van der Waals surface area contributed by atoms with Crippen LogP contribution < -0.4 is 21.3 Å². The predicted octanol–water partition coefficient (Wildman–Crippen LogP) is 1.03. The van der Waals surface area contributed by atoms with E-state index in [0.717, 1.165) is 5.56 Å². The van der Waals surface area contributed by atoms with Crippen molar-refractivity contribution >= 4 is 23.1 Å². The van der Waals surface area contributed by atoms with Crippen molar-refractivity contribution in [3.05, 3.63) is 17.7 Å². The van der Waals surface area contributed by atoms with Gasteiger partial charge in [-0.25, -0.2) is 4.99 Å². The molecule has 1 heterocycles. The molecule has 0 aliphatic carbocycles. The number of nitrogens with one attached hydrogen (secondary N) is 2. The summed E-state index contributed by atoms with van der Waals surface area (Å²) >= 11 is 0. The second-order valence-corrected chi connectivity index (χ2v) is 4.05. The molecule has 0 aromatic heterocycles. The molecule has 4 N–H and O–H groups in total. The number of nitrogens with two attached hydrogens (primary N) is 1. The number of amides is 1. The average molecular weight is 248 g/mol. The van der Waals surface area contributed by atoms with Crippen LogP contribution in [-0.2, 0) is 4.79 Å². The Kier molecular flexibility index (Phi) is 3.36. The number of rotatable bonds is 1. The summed E-state index contributed by atoms with van der Waals surface area (Å²) in [6.07, 6.45) is 0.407. The Labute approximate surface area is 105 Å². The first-order valence-corrected chi connectivity index (χ1v) is 5.75. The summed E-state index contributed by atoms with van der Waals surface area (Å²) in [5.41, 5.74) is 13.4. The van der Waals surface area contributed by atoms with Gasteiger partial charge in [-0.1, -0.05) is 6.92 Å². The van der Waals surface area contributed by atoms with Gasteiger partial charge in [0.1, 0.15) is 18.0 Å². The van der Waals surface area contributed by atoms with E-state index in [1.165, 1.54) is 0 Å². The van der Waals surface area contributed by atoms with Crippen LogP contribution in [0.4, 0.5) is 11.4 Å². The van der Waals surface area contributed by atoms with E-state index in [1.807, 2.05) is 13.0 Å². The lowest BCUT2D eigenvalue weighted by molar-refractivity contribution is -0.121. The molecule has 1 aromatic rings. The molecule has 0 bridgehead atoms. The molecule has 18 heavy (non-hydrogen) atoms. The van der Waals surface area contributed by atoms with Gasteiger partial charge < -0.3 is 10.5 Å². The van der Waals surface area contributed by atoms with Crippen molar-refractivity contribution in [3.8, 4) is 5.75 Å². The first kappa shape index (κ1) is 12.2. The van der Waals surface area contributed by atoms with Crippen LogP contribution in [0, 0.1) is 6.92 Å². The Morgan fingerprint density at radius 2 is 2.33 bits per heavy atom. The van der Waals surface area contributed by atoms with Crippen molar-refractivity contribution < 1.29 is 9.53 Å². The fourth-order valence-electron chi connectivity index (χ4n) is 1.51. The van der Waals surface area contributed by atoms with Gasteiger partial charge in [-0.05, 0) is 24.6 Å². The van der Waals surface area contributed by atoms with Gasteiger partial charge in [-0.2, -0.15) is 0 Å². The van der Waals surface area contributed by atoms with Crippen molar-refractivity contribution in [2.75, 3.05) is 12.3 Å². The number of hydrogen-bond acceptors (Lipinski definition) is 5. The van der Waals surface area contributed by atoms with Crippen molar-refractivity contribution in [1.82, 2.24) is 10.9 Å². The molecule has 1 aliphatic heterocycles. The number of nitrogens with zero attached hydrogens (tertiary/aromatic N) is 1. The van der Waals surface area contributed by atoms with E-state index in [-0.39, 0.29) is 5.91 Å². The molecule has 2 rings (SSSR count). The Morgan fingerprint density at radius 1 is 1.56 bits per heavy atom. The number of carbonyl (C=O) groups is 1. The molecule has 1 aliphatic rings. The summed E-state index contributed by atoms with van der Waals surface area (Å²) < 4.78 is 5.54. The summed E-state index contributed by atoms with van der Waals surface area (Å²) in [6.45, 7) is 3.98. The first-order chi connectivity index (χ1) is 8.60. The van der Waals surface area contributed by atoms with Crippen LogP contribution in [0.25, 0.3) is 0 Å². The molecule has 6 nitrogen and oxygen atoms in total. The van der Waals surface area contributed by atoms with E-state index in [1.54, 1.807) is 13.0 Å². The van der Waals surface area contributed by atoms with Crippen molar-refractivity contribution in [1.29, 1.82) is 0 Å². The molecule has 0 saturated heterocycles. The monoisotopic (exact) mass is 248 g/mol. The Bertz CT molecular complexity index is 511. The number of ether oxygens (including phenoxy) is 1. The number of hydrazine groups is 1. The fraction of sp³-hybridized carbons (Fsp3) is 0.333. The lowest BCUT2D eigenvalue weighted by Crippen LogP contribution is -2.44. The molecular formula is C12H16N4O2. The van der Waals surface area contributed by atoms with Gasteiger partial charge in [-0.15, -0.1) is 0 Å². The number of carbonyl (C=O) groups excluding carboxylic acids is 1. The molecule has 96 valence electrons. The van der Waals surface area contributed by atoms with Crippen LogP contribution in [0.1, 0.15) is 18.9 Å². The normalized spacial score (nSPS) is 13.1. The third-order valence-corrected chi connectivity index (χ3v) is 2.63. The molecule has 0 fully saturated rings. The maximum absolute atomic E-state index is 11.1. The second-order valence-electron chi connectivity index (χ2n) is 4.05. The largest absolute Gasteiger partial charge is 0.483 e. The van der Waals surface area contributed by atoms with Gasteiger partial charge in [0.2, 0.25) is 5.91 Å². The molecule has 0 unspecified atom stereocenters. The van der Waals surface area contributed by atoms with E-state index < -0.39 is 0 Å². The highest BCUT2D eigenvalue weighted by atomic mass is 16.5. The molecule has 6 heteroatoms. The molecule has 1 amide bonds. The van der Waals surface area contributed by atoms with Crippen LogP contribution in [0.3, 0.4) is 0 Å². The Hall–Kier alpha value is -2.24. The number of benzene rings is 1. The van der Waals surface area contributed by atoms with Gasteiger partial charge >= 0.3 is 0 Å². The summed E-state index contributed by atoms with van der Waals surface area (Å²) in [5, 5.41) is 0. The van der Waals surface area contributed by atoms with Crippen molar-refractivity contribution in [2.24, 2.45) is 4.99 Å². The minimum Gasteiger partial charge on any atom is -0.483 e. The zero-order valence-electron chi connectivity index (χ0n) is 10.4. The summed E-state index contributed by atoms with van der Waals surface area (Å²) in [7, 11) is 0. The highest BCUT2D eigenvalue weighted by Gasteiger charge is 2.14. The number of fused-ring (bicyclic) bond motifs is 1. The van der Waals surface area contributed by atoms with Gasteiger partial charge in [0.25, 0.3) is 0 Å². The molecular weight excluding hydrogens is 232 g/mol. The lowest BCUT2D eigenvalue weighted by atomic mass is 10.1. The maximum atomic E-state index is 11.1. The van der Waals surface area contributed by atoms with Gasteiger partial charge in [0, 0.05) is 12.1 Å². The van der Waals surface area contributed by atoms with Crippen LogP contribution in [0.15, 0.2) is 17.1 Å². The number of amidine groups is 1. The number of nitrogen functional groups attached to an aromatic ring is 1. The zero-order chi connectivity index (χ0) is 13.1. The van der Waals surface area contributed by atoms with E-state index >= 15 is 0 Å². The van der Waals surface area contributed by atoms with Gasteiger partial charge in [0.05, 0.1) is 0 Å². The average Bonchev–Trinajstić information content (AvgIpc) is 2.37. The minimum atomic E-state index is -0.105. The number of aryl methyl sites for hydroxylation is 1. The summed E-state index contributed by atoms with van der Waals surface area (Å²) in [6, 6.07) is 3.61. The Balaban J connectivity index is 2.14. The smallest absolute Gasteiger partial charge is 0.238 e. The van der Waals surface area contributed by atoms with Crippen molar-refractivity contribution in [2.45, 2.75) is 20.3 Å². The quantitative estimate of drug-likeness (QED) is 0.511. The summed E-state index contributed by atoms with van der Waals surface area (Å²) in [4.78, 5) is 15.4. The van der Waals surface area contributed by atoms with Crippen LogP contribution >= 0.6 is 0 Å². The predicted molar refractivity (Wildman–Crippen MR) is 69.8 cm³/mol. The van der Waals surface area contributed by atoms with Gasteiger partial charge in [-0.3, -0.25) is 15.6 Å². The highest BCUT2D eigenvalue weighted by molar-refractivity contribution is 5.90. The SMILES string of the molecule is CCC(=O)NNC1=Nc2cc(N)c(C)cc2OC1. The van der Waals surface area contributed by atoms with Crippen LogP contribution in [-0.4, -0.2) is 18.3 Å². The summed E-state index contributed by atoms with van der Waals surface area (Å²) in [5.74, 6) is 1.15. The van der Waals surface area contributed by atoms with Crippen LogP contribution in [0.5, 0.6) is 5.75 Å². The molecule has 0 saturated carbocycles. The minimum absolute atomic E-state index is 0.105. The van der Waals surface area contributed by atoms with E-state index in [2.05, 4.69) is 15.8 Å². The molecule has 1 aromatic carbocycles. The second kappa shape index (κ2) is 4.95. The first-order valence-electron chi connectivity index (χ1n) is 5.75. The topological polar surface area (TPSA) is 88.7 Å². The standard InChI is InChI=1S/C12H16N4O2/c1-3-12(17)16-15-11-6-18-10-4-7(2)8(13)5-9(10)14-11/h4-5H,3,6,13H2,1-2H3,(H,14,15)(H,16,17). The Morgan fingerprint density at radius 3 is 3.06 bits per heavy atom. The van der Waals surface area contributed by atoms with Gasteiger partial charge in [0.15, 0.2) is 5.84 Å². The molecule has 0 radical (unpaired) electrons. The van der Waals surface area contributed by atoms with Crippen molar-refractivity contribution in [3.63, 3.8) is 0 Å². The maximum Gasteiger partial charge on any atom is 0.238 e. The third kappa shape index (κ3) is 2.53. The number of aliphatic imine (C=N–C) groups is 1. The molecule has 0 spiro atoms. The third-order valence-electron chi connectivity index (χ3n) is 2.63. The van der Waals surface area contributed by atoms with E-state index in [4.69, 9.17) is 10.5 Å². The van der Waals surface area contributed by atoms with Crippen LogP contribution in [0.2, 0.25) is 0 Å². The van der Waals surface area contributed by atoms with E-state index in [0.29, 0.717) is 36.0 Å².